The number of ether oxygens (including phenoxy) is 2. The predicted molar refractivity (Wildman–Crippen MR) is 128 cm³/mol. The van der Waals surface area contributed by atoms with Crippen molar-refractivity contribution in [1.82, 2.24) is 14.6 Å². The second-order valence-corrected chi connectivity index (χ2v) is 10.6. The lowest BCUT2D eigenvalue weighted by Gasteiger charge is -2.28. The van der Waals surface area contributed by atoms with Crippen LogP contribution in [0.3, 0.4) is 0 Å². The van der Waals surface area contributed by atoms with Crippen LogP contribution in [0, 0.1) is 0 Å². The zero-order valence-electron chi connectivity index (χ0n) is 20.3. The number of hydrogen-bond donors (Lipinski definition) is 4. The normalized spacial score (nSPS) is 26.4. The molecule has 0 aliphatic carbocycles. The maximum atomic E-state index is 13.6. The third-order valence-corrected chi connectivity index (χ3v) is 7.01. The fourth-order valence-corrected chi connectivity index (χ4v) is 5.05. The number of aromatic amines is 1. The van der Waals surface area contributed by atoms with Gasteiger partial charge in [0.2, 0.25) is 0 Å². The summed E-state index contributed by atoms with van der Waals surface area (Å²) in [6.07, 6.45) is -2.88. The van der Waals surface area contributed by atoms with Crippen LogP contribution in [0.5, 0.6) is 5.75 Å². The smallest absolute Gasteiger partial charge is 0.459 e. The molecule has 1 saturated heterocycles. The van der Waals surface area contributed by atoms with E-state index in [1.807, 2.05) is 0 Å². The van der Waals surface area contributed by atoms with Gasteiger partial charge in [-0.1, -0.05) is 18.2 Å². The molecule has 13 nitrogen and oxygen atoms in total. The highest BCUT2D eigenvalue weighted by atomic mass is 31.2. The number of carbonyl (C=O) groups excluding carboxylic acids is 1. The SMILES string of the molecule is CC(C)OC(=O)[C@H](C)N[P@@](=O)(OC[C@H]1O[C@@H](n2ccc(=O)[nH]c2=O)C(C)(N)[C@@H]1O)Oc1ccccc1. The Labute approximate surface area is 207 Å². The van der Waals surface area contributed by atoms with Gasteiger partial charge < -0.3 is 24.8 Å². The Hall–Kier alpha value is -2.80. The van der Waals surface area contributed by atoms with Gasteiger partial charge in [-0.15, -0.1) is 0 Å². The molecule has 1 unspecified atom stereocenters. The van der Waals surface area contributed by atoms with Crippen molar-refractivity contribution in [2.45, 2.75) is 63.8 Å². The summed E-state index contributed by atoms with van der Waals surface area (Å²) in [5.74, 6) is -0.471. The van der Waals surface area contributed by atoms with Crippen LogP contribution >= 0.6 is 7.75 Å². The third kappa shape index (κ3) is 6.49. The second-order valence-electron chi connectivity index (χ2n) is 8.89. The number of aliphatic hydroxyl groups excluding tert-OH is 1. The average molecular weight is 526 g/mol. The fourth-order valence-electron chi connectivity index (χ4n) is 3.55. The molecule has 0 saturated carbocycles. The number of nitrogens with two attached hydrogens (primary N) is 1. The molecule has 198 valence electrons. The first-order chi connectivity index (χ1) is 16.8. The number of aromatic nitrogens is 2. The zero-order chi connectivity index (χ0) is 26.7. The maximum Gasteiger partial charge on any atom is 0.459 e. The minimum atomic E-state index is -4.22. The third-order valence-electron chi connectivity index (χ3n) is 5.36. The molecule has 2 heterocycles. The van der Waals surface area contributed by atoms with E-state index in [2.05, 4.69) is 10.1 Å². The summed E-state index contributed by atoms with van der Waals surface area (Å²) in [7, 11) is -4.22. The lowest BCUT2D eigenvalue weighted by Crippen LogP contribution is -2.53. The molecule has 6 atom stereocenters. The van der Waals surface area contributed by atoms with Crippen molar-refractivity contribution in [2.24, 2.45) is 5.73 Å². The van der Waals surface area contributed by atoms with Gasteiger partial charge in [-0.2, -0.15) is 5.09 Å². The van der Waals surface area contributed by atoms with Crippen molar-refractivity contribution in [2.75, 3.05) is 6.61 Å². The number of rotatable bonds is 10. The molecule has 0 spiro atoms. The van der Waals surface area contributed by atoms with E-state index in [0.29, 0.717) is 0 Å². The Balaban J connectivity index is 1.80. The van der Waals surface area contributed by atoms with Gasteiger partial charge in [0.05, 0.1) is 18.2 Å². The minimum absolute atomic E-state index is 0.201. The van der Waals surface area contributed by atoms with Crippen molar-refractivity contribution >= 4 is 13.7 Å². The monoisotopic (exact) mass is 526 g/mol. The van der Waals surface area contributed by atoms with Crippen LogP contribution in [0.1, 0.15) is 33.9 Å². The summed E-state index contributed by atoms with van der Waals surface area (Å²) in [6.45, 7) is 5.77. The summed E-state index contributed by atoms with van der Waals surface area (Å²) >= 11 is 0. The zero-order valence-corrected chi connectivity index (χ0v) is 21.2. The lowest BCUT2D eigenvalue weighted by molar-refractivity contribution is -0.149. The molecule has 1 aliphatic rings. The summed E-state index contributed by atoms with van der Waals surface area (Å²) in [5, 5.41) is 13.3. The number of H-pyrrole nitrogens is 1. The Bertz CT molecular complexity index is 1210. The van der Waals surface area contributed by atoms with E-state index in [-0.39, 0.29) is 5.75 Å². The molecular formula is C22H31N4O9P. The van der Waals surface area contributed by atoms with Gasteiger partial charge in [0.25, 0.3) is 5.56 Å². The van der Waals surface area contributed by atoms with Crippen molar-refractivity contribution in [3.8, 4) is 5.75 Å². The second kappa shape index (κ2) is 11.1. The highest BCUT2D eigenvalue weighted by Crippen LogP contribution is 2.46. The van der Waals surface area contributed by atoms with Gasteiger partial charge in [0.1, 0.15) is 24.0 Å². The standard InChI is InChI=1S/C22H31N4O9P/c1-13(2)33-19(29)14(3)25-36(31,35-15-8-6-5-7-9-15)32-12-16-18(28)22(4,23)20(34-16)26-11-10-17(27)24-21(26)30/h5-11,13-14,16,18,20,28H,12,23H2,1-4H3,(H,25,31)(H,24,27,30)/t14-,16+,18+,20+,22?,36+/m0/s1. The molecular weight excluding hydrogens is 495 g/mol. The van der Waals surface area contributed by atoms with Crippen LogP contribution in [-0.4, -0.2) is 57.1 Å². The first-order valence-electron chi connectivity index (χ1n) is 11.2. The van der Waals surface area contributed by atoms with Crippen LogP contribution < -0.4 is 26.6 Å². The molecule has 14 heteroatoms. The van der Waals surface area contributed by atoms with Gasteiger partial charge in [-0.3, -0.25) is 23.7 Å². The summed E-state index contributed by atoms with van der Waals surface area (Å²) in [4.78, 5) is 38.0. The van der Waals surface area contributed by atoms with Gasteiger partial charge in [-0.25, -0.2) is 9.36 Å². The number of nitrogens with zero attached hydrogens (tertiary/aromatic N) is 1. The van der Waals surface area contributed by atoms with Crippen molar-refractivity contribution in [1.29, 1.82) is 0 Å². The Morgan fingerprint density at radius 3 is 2.56 bits per heavy atom. The van der Waals surface area contributed by atoms with E-state index >= 15 is 0 Å². The van der Waals surface area contributed by atoms with E-state index < -0.39 is 67.7 Å². The number of hydrogen-bond acceptors (Lipinski definition) is 10. The van der Waals surface area contributed by atoms with Crippen LogP contribution in [0.2, 0.25) is 0 Å². The van der Waals surface area contributed by atoms with Gasteiger partial charge in [0, 0.05) is 12.3 Å². The molecule has 1 aliphatic heterocycles. The van der Waals surface area contributed by atoms with Crippen molar-refractivity contribution in [3.05, 3.63) is 63.4 Å². The van der Waals surface area contributed by atoms with E-state index in [1.165, 1.54) is 20.0 Å². The number of esters is 1. The topological polar surface area (TPSA) is 184 Å². The van der Waals surface area contributed by atoms with Gasteiger partial charge in [-0.05, 0) is 39.8 Å². The summed E-state index contributed by atoms with van der Waals surface area (Å²) in [5.41, 5.74) is 3.39. The van der Waals surface area contributed by atoms with Crippen molar-refractivity contribution < 1.29 is 33.0 Å². The van der Waals surface area contributed by atoms with Crippen LogP contribution in [0.4, 0.5) is 0 Å². The van der Waals surface area contributed by atoms with E-state index in [9.17, 15) is 24.1 Å². The summed E-state index contributed by atoms with van der Waals surface area (Å²) < 4.78 is 36.7. The van der Waals surface area contributed by atoms with Crippen LogP contribution in [-0.2, 0) is 23.4 Å². The number of aliphatic hydroxyl groups is 1. The lowest BCUT2D eigenvalue weighted by atomic mass is 9.93. The fraction of sp³-hybridized carbons (Fsp3) is 0.500. The molecule has 0 amide bonds. The molecule has 1 fully saturated rings. The van der Waals surface area contributed by atoms with E-state index in [1.54, 1.807) is 44.2 Å². The number of para-hydroxylation sites is 1. The predicted octanol–water partition coefficient (Wildman–Crippen LogP) is 0.646. The van der Waals surface area contributed by atoms with Crippen LogP contribution in [0.15, 0.2) is 52.2 Å². The van der Waals surface area contributed by atoms with E-state index in [4.69, 9.17) is 24.3 Å². The molecule has 1 aromatic carbocycles. The van der Waals surface area contributed by atoms with Crippen molar-refractivity contribution in [3.63, 3.8) is 0 Å². The average Bonchev–Trinajstić information content (AvgIpc) is 3.01. The largest absolute Gasteiger partial charge is 0.462 e. The molecule has 0 radical (unpaired) electrons. The number of benzene rings is 1. The molecule has 1 aromatic heterocycles. The molecule has 2 aromatic rings. The Morgan fingerprint density at radius 2 is 1.94 bits per heavy atom. The van der Waals surface area contributed by atoms with E-state index in [0.717, 1.165) is 10.6 Å². The Morgan fingerprint density at radius 1 is 1.28 bits per heavy atom. The van der Waals surface area contributed by atoms with Crippen LogP contribution in [0.25, 0.3) is 0 Å². The highest BCUT2D eigenvalue weighted by molar-refractivity contribution is 7.52. The van der Waals surface area contributed by atoms with Gasteiger partial charge in [0.15, 0.2) is 6.23 Å². The number of carbonyl (C=O) groups is 1. The maximum absolute atomic E-state index is 13.6. The molecule has 3 rings (SSSR count). The van der Waals surface area contributed by atoms with Gasteiger partial charge >= 0.3 is 19.4 Å². The Kier molecular flexibility index (Phi) is 8.55. The molecule has 36 heavy (non-hydrogen) atoms. The highest BCUT2D eigenvalue weighted by Gasteiger charge is 2.52. The molecule has 0 bridgehead atoms. The summed E-state index contributed by atoms with van der Waals surface area (Å²) in [6, 6.07) is 8.19. The molecule has 5 N–H and O–H groups in total. The quantitative estimate of drug-likeness (QED) is 0.252. The first kappa shape index (κ1) is 27.8. The minimum Gasteiger partial charge on any atom is -0.462 e. The first-order valence-corrected chi connectivity index (χ1v) is 12.8. The number of nitrogens with one attached hydrogen (secondary N) is 2.